The fourth-order valence-electron chi connectivity index (χ4n) is 2.20. The van der Waals surface area contributed by atoms with Crippen LogP contribution in [-0.4, -0.2) is 19.3 Å². The zero-order valence-corrected chi connectivity index (χ0v) is 12.5. The number of hydrogen-bond donors (Lipinski definition) is 0. The van der Waals surface area contributed by atoms with Crippen LogP contribution in [-0.2, 0) is 7.05 Å². The maximum atomic E-state index is 10.8. The van der Waals surface area contributed by atoms with Gasteiger partial charge < -0.3 is 0 Å². The Balaban J connectivity index is 2.18. The van der Waals surface area contributed by atoms with E-state index in [0.717, 1.165) is 11.3 Å². The molecule has 2 aromatic carbocycles. The number of non-ortho nitro benzene ring substituents is 1. The first-order valence-corrected chi connectivity index (χ1v) is 6.95. The van der Waals surface area contributed by atoms with Gasteiger partial charge in [-0.15, -0.1) is 0 Å². The Morgan fingerprint density at radius 3 is 2.32 bits per heavy atom. The van der Waals surface area contributed by atoms with Crippen molar-refractivity contribution in [3.8, 4) is 17.1 Å². The number of nitrogens with zero attached hydrogens (tertiary/aromatic N) is 4. The van der Waals surface area contributed by atoms with Gasteiger partial charge in [-0.05, 0) is 24.4 Å². The van der Waals surface area contributed by atoms with Crippen molar-refractivity contribution in [3.05, 3.63) is 69.5 Å². The van der Waals surface area contributed by atoms with Crippen LogP contribution in [0, 0.1) is 14.9 Å². The van der Waals surface area contributed by atoms with Gasteiger partial charge in [0.25, 0.3) is 5.69 Å². The molecule has 3 aromatic rings. The lowest BCUT2D eigenvalue weighted by atomic mass is 10.2. The van der Waals surface area contributed by atoms with Crippen molar-refractivity contribution in [2.45, 2.75) is 0 Å². The molecular formula is C15H12N4O2S. The van der Waals surface area contributed by atoms with Gasteiger partial charge in [0.2, 0.25) is 4.77 Å². The molecule has 0 spiro atoms. The van der Waals surface area contributed by atoms with Crippen LogP contribution in [0.3, 0.4) is 0 Å². The molecular weight excluding hydrogens is 300 g/mol. The Kier molecular flexibility index (Phi) is 3.56. The summed E-state index contributed by atoms with van der Waals surface area (Å²) in [5.41, 5.74) is 1.70. The van der Waals surface area contributed by atoms with Crippen LogP contribution < -0.4 is 0 Å². The fraction of sp³-hybridized carbons (Fsp3) is 0.0667. The minimum Gasteiger partial charge on any atom is -0.268 e. The summed E-state index contributed by atoms with van der Waals surface area (Å²) >= 11 is 5.41. The molecule has 0 radical (unpaired) electrons. The highest BCUT2D eigenvalue weighted by atomic mass is 32.1. The normalized spacial score (nSPS) is 10.6. The Bertz CT molecular complexity index is 882. The molecule has 0 saturated heterocycles. The van der Waals surface area contributed by atoms with Gasteiger partial charge in [-0.3, -0.25) is 14.7 Å². The third-order valence-corrected chi connectivity index (χ3v) is 3.72. The zero-order valence-electron chi connectivity index (χ0n) is 11.7. The van der Waals surface area contributed by atoms with Gasteiger partial charge >= 0.3 is 0 Å². The number of nitro benzene ring substituents is 1. The van der Waals surface area contributed by atoms with Gasteiger partial charge in [-0.1, -0.05) is 30.3 Å². The SMILES string of the molecule is Cn1nc(-c2ccccc2)n(-c2ccc([N+](=O)[O-])cc2)c1=S. The number of aryl methyl sites for hydroxylation is 1. The number of benzene rings is 2. The van der Waals surface area contributed by atoms with Gasteiger partial charge in [0.05, 0.1) is 10.6 Å². The Morgan fingerprint density at radius 2 is 1.73 bits per heavy atom. The lowest BCUT2D eigenvalue weighted by molar-refractivity contribution is -0.384. The Morgan fingerprint density at radius 1 is 1.09 bits per heavy atom. The molecule has 0 aliphatic rings. The molecule has 0 bridgehead atoms. The molecule has 0 aliphatic heterocycles. The maximum absolute atomic E-state index is 10.8. The lowest BCUT2D eigenvalue weighted by Gasteiger charge is -2.06. The number of aromatic nitrogens is 3. The molecule has 0 unspecified atom stereocenters. The minimum atomic E-state index is -0.426. The van der Waals surface area contributed by atoms with Crippen molar-refractivity contribution in [3.63, 3.8) is 0 Å². The van der Waals surface area contributed by atoms with E-state index in [9.17, 15) is 10.1 Å². The van der Waals surface area contributed by atoms with Crippen LogP contribution in [0.5, 0.6) is 0 Å². The van der Waals surface area contributed by atoms with E-state index in [2.05, 4.69) is 5.10 Å². The summed E-state index contributed by atoms with van der Waals surface area (Å²) in [5.74, 6) is 0.696. The first-order valence-electron chi connectivity index (χ1n) is 6.54. The van der Waals surface area contributed by atoms with Crippen LogP contribution in [0.15, 0.2) is 54.6 Å². The van der Waals surface area contributed by atoms with Gasteiger partial charge in [-0.25, -0.2) is 4.68 Å². The molecule has 0 aliphatic carbocycles. The maximum Gasteiger partial charge on any atom is 0.269 e. The van der Waals surface area contributed by atoms with Crippen molar-refractivity contribution < 1.29 is 4.92 Å². The highest BCUT2D eigenvalue weighted by molar-refractivity contribution is 7.71. The van der Waals surface area contributed by atoms with Crippen molar-refractivity contribution in [2.24, 2.45) is 7.05 Å². The number of hydrogen-bond acceptors (Lipinski definition) is 4. The van der Waals surface area contributed by atoms with Gasteiger partial charge in [-0.2, -0.15) is 5.10 Å². The molecule has 110 valence electrons. The second kappa shape index (κ2) is 5.53. The lowest BCUT2D eigenvalue weighted by Crippen LogP contribution is -1.98. The van der Waals surface area contributed by atoms with E-state index in [0.29, 0.717) is 10.6 Å². The first kappa shape index (κ1) is 14.2. The molecule has 3 rings (SSSR count). The average Bonchev–Trinajstić information content (AvgIpc) is 2.84. The summed E-state index contributed by atoms with van der Waals surface area (Å²) in [4.78, 5) is 10.3. The van der Waals surface area contributed by atoms with E-state index in [1.165, 1.54) is 12.1 Å². The molecule has 0 amide bonds. The molecule has 0 fully saturated rings. The van der Waals surface area contributed by atoms with Crippen LogP contribution in [0.1, 0.15) is 0 Å². The summed E-state index contributed by atoms with van der Waals surface area (Å²) in [6.45, 7) is 0. The summed E-state index contributed by atoms with van der Waals surface area (Å²) in [7, 11) is 1.77. The zero-order chi connectivity index (χ0) is 15.7. The number of rotatable bonds is 3. The predicted octanol–water partition coefficient (Wildman–Crippen LogP) is 3.52. The topological polar surface area (TPSA) is 65.9 Å². The highest BCUT2D eigenvalue weighted by Crippen LogP contribution is 2.23. The fourth-order valence-corrected chi connectivity index (χ4v) is 2.43. The standard InChI is InChI=1S/C15H12N4O2S/c1-17-15(22)18(12-7-9-13(10-8-12)19(20)21)14(16-17)11-5-3-2-4-6-11/h2-10H,1H3. The van der Waals surface area contributed by atoms with Crippen molar-refractivity contribution in [1.82, 2.24) is 14.3 Å². The molecule has 1 aromatic heterocycles. The van der Waals surface area contributed by atoms with Gasteiger partial charge in [0.1, 0.15) is 0 Å². The molecule has 22 heavy (non-hydrogen) atoms. The molecule has 7 heteroatoms. The second-order valence-corrected chi connectivity index (χ2v) is 5.07. The average molecular weight is 312 g/mol. The van der Waals surface area contributed by atoms with E-state index >= 15 is 0 Å². The first-order chi connectivity index (χ1) is 10.6. The largest absolute Gasteiger partial charge is 0.269 e. The predicted molar refractivity (Wildman–Crippen MR) is 85.5 cm³/mol. The third kappa shape index (κ3) is 2.42. The number of nitro groups is 1. The van der Waals surface area contributed by atoms with Gasteiger partial charge in [0, 0.05) is 24.7 Å². The molecule has 0 N–H and O–H groups in total. The smallest absolute Gasteiger partial charge is 0.268 e. The molecule has 1 heterocycles. The highest BCUT2D eigenvalue weighted by Gasteiger charge is 2.13. The monoisotopic (exact) mass is 312 g/mol. The van der Waals surface area contributed by atoms with Crippen molar-refractivity contribution in [2.75, 3.05) is 0 Å². The van der Waals surface area contributed by atoms with E-state index in [1.807, 2.05) is 30.3 Å². The summed E-state index contributed by atoms with van der Waals surface area (Å²) < 4.78 is 3.93. The van der Waals surface area contributed by atoms with E-state index < -0.39 is 4.92 Å². The quantitative estimate of drug-likeness (QED) is 0.422. The van der Waals surface area contributed by atoms with Crippen molar-refractivity contribution in [1.29, 1.82) is 0 Å². The second-order valence-electron chi connectivity index (χ2n) is 4.70. The van der Waals surface area contributed by atoms with E-state index in [-0.39, 0.29) is 5.69 Å². The van der Waals surface area contributed by atoms with Crippen LogP contribution in [0.2, 0.25) is 0 Å². The van der Waals surface area contributed by atoms with Crippen LogP contribution in [0.25, 0.3) is 17.1 Å². The van der Waals surface area contributed by atoms with Crippen LogP contribution in [0.4, 0.5) is 5.69 Å². The van der Waals surface area contributed by atoms with E-state index in [1.54, 1.807) is 28.4 Å². The Labute approximate surface area is 131 Å². The minimum absolute atomic E-state index is 0.0421. The summed E-state index contributed by atoms with van der Waals surface area (Å²) in [6, 6.07) is 15.9. The molecule has 6 nitrogen and oxygen atoms in total. The Hall–Kier alpha value is -2.80. The summed E-state index contributed by atoms with van der Waals surface area (Å²) in [6.07, 6.45) is 0. The van der Waals surface area contributed by atoms with E-state index in [4.69, 9.17) is 12.2 Å². The molecule has 0 atom stereocenters. The van der Waals surface area contributed by atoms with Gasteiger partial charge in [0.15, 0.2) is 5.82 Å². The summed E-state index contributed by atoms with van der Waals surface area (Å²) in [5, 5.41) is 15.2. The molecule has 0 saturated carbocycles. The van der Waals surface area contributed by atoms with Crippen LogP contribution >= 0.6 is 12.2 Å². The van der Waals surface area contributed by atoms with Crippen molar-refractivity contribution >= 4 is 17.9 Å². The third-order valence-electron chi connectivity index (χ3n) is 3.28.